The molecule has 0 aliphatic carbocycles. The maximum atomic E-state index is 9.65. The summed E-state index contributed by atoms with van der Waals surface area (Å²) in [5, 5.41) is 19.3. The van der Waals surface area contributed by atoms with E-state index in [4.69, 9.17) is 11.5 Å². The van der Waals surface area contributed by atoms with E-state index < -0.39 is 0 Å². The Morgan fingerprint density at radius 3 is 1.40 bits per heavy atom. The normalized spacial score (nSPS) is 10.7. The lowest BCUT2D eigenvalue weighted by Crippen LogP contribution is -1.97. The van der Waals surface area contributed by atoms with Gasteiger partial charge >= 0.3 is 0 Å². The zero-order valence-corrected chi connectivity index (χ0v) is 11.8. The Morgan fingerprint density at radius 2 is 1.10 bits per heavy atom. The van der Waals surface area contributed by atoms with Crippen molar-refractivity contribution in [2.45, 2.75) is 26.7 Å². The molecule has 0 fully saturated rings. The maximum absolute atomic E-state index is 9.65. The second-order valence-electron chi connectivity index (χ2n) is 5.20. The van der Waals surface area contributed by atoms with Crippen LogP contribution in [-0.2, 0) is 12.8 Å². The highest BCUT2D eigenvalue weighted by Crippen LogP contribution is 2.28. The smallest absolute Gasteiger partial charge is 0.141 e. The van der Waals surface area contributed by atoms with E-state index in [-0.39, 0.29) is 11.5 Å². The highest BCUT2D eigenvalue weighted by atomic mass is 16.3. The molecule has 0 aromatic heterocycles. The molecule has 4 nitrogen and oxygen atoms in total. The van der Waals surface area contributed by atoms with E-state index in [2.05, 4.69) is 0 Å². The molecule has 0 heterocycles. The van der Waals surface area contributed by atoms with Crippen LogP contribution >= 0.6 is 0 Å². The largest absolute Gasteiger partial charge is 0.506 e. The molecule has 0 radical (unpaired) electrons. The number of phenols is 2. The average molecular weight is 272 g/mol. The molecule has 0 aliphatic rings. The highest BCUT2D eigenvalue weighted by molar-refractivity contribution is 5.59. The van der Waals surface area contributed by atoms with Gasteiger partial charge in [-0.2, -0.15) is 0 Å². The Bertz CT molecular complexity index is 547. The second kappa shape index (κ2) is 5.33. The third-order valence-corrected chi connectivity index (χ3v) is 3.48. The summed E-state index contributed by atoms with van der Waals surface area (Å²) in [7, 11) is 0. The molecule has 0 aliphatic heterocycles. The molecular formula is C16H20N2O2. The number of rotatable bonds is 3. The van der Waals surface area contributed by atoms with Crippen LogP contribution < -0.4 is 11.5 Å². The lowest BCUT2D eigenvalue weighted by atomic mass is 9.99. The Labute approximate surface area is 118 Å². The first-order valence-electron chi connectivity index (χ1n) is 6.54. The first kappa shape index (κ1) is 14.1. The minimum absolute atomic E-state index is 0.151. The van der Waals surface area contributed by atoms with Crippen LogP contribution in [0.5, 0.6) is 11.5 Å². The Morgan fingerprint density at radius 1 is 0.750 bits per heavy atom. The molecule has 0 unspecified atom stereocenters. The molecule has 20 heavy (non-hydrogen) atoms. The van der Waals surface area contributed by atoms with E-state index in [1.807, 2.05) is 26.0 Å². The van der Waals surface area contributed by atoms with E-state index in [0.29, 0.717) is 11.4 Å². The molecule has 2 aromatic carbocycles. The van der Waals surface area contributed by atoms with Gasteiger partial charge in [-0.3, -0.25) is 0 Å². The summed E-state index contributed by atoms with van der Waals surface area (Å²) in [5.74, 6) is 0.303. The van der Waals surface area contributed by atoms with Crippen molar-refractivity contribution < 1.29 is 10.2 Å². The van der Waals surface area contributed by atoms with Crippen molar-refractivity contribution in [3.8, 4) is 11.5 Å². The van der Waals surface area contributed by atoms with Crippen molar-refractivity contribution in [2.24, 2.45) is 0 Å². The topological polar surface area (TPSA) is 92.5 Å². The maximum Gasteiger partial charge on any atom is 0.141 e. The van der Waals surface area contributed by atoms with Crippen LogP contribution in [0, 0.1) is 13.8 Å². The van der Waals surface area contributed by atoms with Crippen molar-refractivity contribution in [3.63, 3.8) is 0 Å². The SMILES string of the molecule is Cc1cc(CCc2cc(C)c(O)c(N)c2)cc(N)c1O. The van der Waals surface area contributed by atoms with E-state index in [9.17, 15) is 10.2 Å². The molecule has 4 heteroatoms. The summed E-state index contributed by atoms with van der Waals surface area (Å²) in [6.45, 7) is 3.66. The van der Waals surface area contributed by atoms with Gasteiger partial charge in [0, 0.05) is 0 Å². The van der Waals surface area contributed by atoms with Crippen LogP contribution in [-0.4, -0.2) is 10.2 Å². The predicted molar refractivity (Wildman–Crippen MR) is 81.9 cm³/mol. The van der Waals surface area contributed by atoms with Crippen molar-refractivity contribution in [1.29, 1.82) is 0 Å². The molecule has 106 valence electrons. The van der Waals surface area contributed by atoms with E-state index in [0.717, 1.165) is 35.1 Å². The number of aromatic hydroxyl groups is 2. The second-order valence-corrected chi connectivity index (χ2v) is 5.20. The molecule has 2 rings (SSSR count). The summed E-state index contributed by atoms with van der Waals surface area (Å²) in [4.78, 5) is 0. The predicted octanol–water partition coefficient (Wildman–Crippen LogP) is 2.66. The number of aryl methyl sites for hydroxylation is 4. The average Bonchev–Trinajstić information content (AvgIpc) is 2.39. The van der Waals surface area contributed by atoms with Gasteiger partial charge in [0.05, 0.1) is 11.4 Å². The number of benzene rings is 2. The molecular weight excluding hydrogens is 252 g/mol. The minimum atomic E-state index is 0.151. The first-order valence-corrected chi connectivity index (χ1v) is 6.54. The molecule has 0 spiro atoms. The molecule has 2 aromatic rings. The zero-order valence-electron chi connectivity index (χ0n) is 11.8. The number of anilines is 2. The van der Waals surface area contributed by atoms with Crippen molar-refractivity contribution in [1.82, 2.24) is 0 Å². The molecule has 0 atom stereocenters. The highest BCUT2D eigenvalue weighted by Gasteiger charge is 2.07. The first-order chi connectivity index (χ1) is 9.38. The molecule has 0 amide bonds. The number of hydrogen-bond acceptors (Lipinski definition) is 4. The van der Waals surface area contributed by atoms with Gasteiger partial charge in [-0.25, -0.2) is 0 Å². The Hall–Kier alpha value is -2.36. The van der Waals surface area contributed by atoms with Crippen LogP contribution in [0.15, 0.2) is 24.3 Å². The lowest BCUT2D eigenvalue weighted by molar-refractivity contribution is 0.473. The molecule has 0 bridgehead atoms. The molecule has 0 saturated carbocycles. The standard InChI is InChI=1S/C16H20N2O2/c1-9-5-11(7-13(17)15(9)19)3-4-12-6-10(2)16(20)14(18)8-12/h5-8,19-20H,3-4,17-18H2,1-2H3. The summed E-state index contributed by atoms with van der Waals surface area (Å²) >= 11 is 0. The van der Waals surface area contributed by atoms with Crippen molar-refractivity contribution >= 4 is 11.4 Å². The van der Waals surface area contributed by atoms with Crippen molar-refractivity contribution in [2.75, 3.05) is 11.5 Å². The third kappa shape index (κ3) is 2.79. The van der Waals surface area contributed by atoms with Crippen LogP contribution in [0.3, 0.4) is 0 Å². The number of nitrogen functional groups attached to an aromatic ring is 2. The fraction of sp³-hybridized carbons (Fsp3) is 0.250. The Balaban J connectivity index is 2.17. The summed E-state index contributed by atoms with van der Waals surface area (Å²) in [6.07, 6.45) is 1.60. The van der Waals surface area contributed by atoms with Gasteiger partial charge in [0.2, 0.25) is 0 Å². The minimum Gasteiger partial charge on any atom is -0.506 e. The lowest BCUT2D eigenvalue weighted by Gasteiger charge is -2.10. The fourth-order valence-electron chi connectivity index (χ4n) is 2.35. The fourth-order valence-corrected chi connectivity index (χ4v) is 2.35. The summed E-state index contributed by atoms with van der Waals surface area (Å²) < 4.78 is 0. The Kier molecular flexibility index (Phi) is 3.74. The molecule has 0 saturated heterocycles. The quantitative estimate of drug-likeness (QED) is 0.510. The van der Waals surface area contributed by atoms with Gasteiger partial charge in [0.15, 0.2) is 0 Å². The van der Waals surface area contributed by atoms with E-state index in [1.165, 1.54) is 0 Å². The number of hydrogen-bond donors (Lipinski definition) is 4. The van der Waals surface area contributed by atoms with Gasteiger partial charge in [0.1, 0.15) is 11.5 Å². The summed E-state index contributed by atoms with van der Waals surface area (Å²) in [6, 6.07) is 7.45. The van der Waals surface area contributed by atoms with E-state index in [1.54, 1.807) is 12.1 Å². The number of nitrogens with two attached hydrogens (primary N) is 2. The van der Waals surface area contributed by atoms with Gasteiger partial charge < -0.3 is 21.7 Å². The monoisotopic (exact) mass is 272 g/mol. The van der Waals surface area contributed by atoms with Gasteiger partial charge in [-0.15, -0.1) is 0 Å². The van der Waals surface area contributed by atoms with Gasteiger partial charge in [-0.1, -0.05) is 12.1 Å². The van der Waals surface area contributed by atoms with Crippen LogP contribution in [0.1, 0.15) is 22.3 Å². The zero-order chi connectivity index (χ0) is 14.9. The van der Waals surface area contributed by atoms with Crippen LogP contribution in [0.4, 0.5) is 11.4 Å². The summed E-state index contributed by atoms with van der Waals surface area (Å²) in [5.41, 5.74) is 16.0. The van der Waals surface area contributed by atoms with Gasteiger partial charge in [0.25, 0.3) is 0 Å². The number of phenolic OH excluding ortho intramolecular Hbond substituents is 2. The molecule has 6 N–H and O–H groups in total. The van der Waals surface area contributed by atoms with E-state index >= 15 is 0 Å². The van der Waals surface area contributed by atoms with Crippen molar-refractivity contribution in [3.05, 3.63) is 46.5 Å². The third-order valence-electron chi connectivity index (χ3n) is 3.48. The van der Waals surface area contributed by atoms with Crippen LogP contribution in [0.2, 0.25) is 0 Å². The van der Waals surface area contributed by atoms with Gasteiger partial charge in [-0.05, 0) is 61.1 Å². The van der Waals surface area contributed by atoms with Crippen LogP contribution in [0.25, 0.3) is 0 Å².